The van der Waals surface area contributed by atoms with E-state index in [0.29, 0.717) is 33.5 Å². The van der Waals surface area contributed by atoms with Crippen LogP contribution in [0.3, 0.4) is 0 Å². The zero-order valence-corrected chi connectivity index (χ0v) is 20.4. The minimum Gasteiger partial charge on any atom is -0.455 e. The molecule has 0 fully saturated rings. The summed E-state index contributed by atoms with van der Waals surface area (Å²) in [5.41, 5.74) is 2.34. The lowest BCUT2D eigenvalue weighted by molar-refractivity contribution is 0.388. The number of halogens is 1. The third-order valence-electron chi connectivity index (χ3n) is 5.88. The minimum absolute atomic E-state index is 0.0865. The minimum atomic E-state index is -1.25. The summed E-state index contributed by atoms with van der Waals surface area (Å²) < 4.78 is 11.0. The Kier molecular flexibility index (Phi) is 5.80. The van der Waals surface area contributed by atoms with Gasteiger partial charge in [0.15, 0.2) is 5.43 Å². The molecular formula is C26H20BClN4O4. The predicted molar refractivity (Wildman–Crippen MR) is 139 cm³/mol. The van der Waals surface area contributed by atoms with Gasteiger partial charge in [0.25, 0.3) is 0 Å². The second kappa shape index (κ2) is 8.84. The lowest BCUT2D eigenvalue weighted by Gasteiger charge is -2.30. The van der Waals surface area contributed by atoms with Crippen LogP contribution in [0.15, 0.2) is 73.1 Å². The van der Waals surface area contributed by atoms with E-state index in [9.17, 15) is 9.59 Å². The summed E-state index contributed by atoms with van der Waals surface area (Å²) in [7, 11) is 6.82. The van der Waals surface area contributed by atoms with Gasteiger partial charge >= 0.3 is 5.76 Å². The Hall–Kier alpha value is -4.11. The third-order valence-corrected chi connectivity index (χ3v) is 6.09. The Bertz CT molecular complexity index is 1720. The number of pyridine rings is 1. The molecular weight excluding hydrogens is 479 g/mol. The number of hydrogen-bond acceptors (Lipinski definition) is 7. The van der Waals surface area contributed by atoms with Crippen molar-refractivity contribution >= 4 is 36.1 Å². The van der Waals surface area contributed by atoms with Gasteiger partial charge in [-0.05, 0) is 44.5 Å². The van der Waals surface area contributed by atoms with Crippen molar-refractivity contribution in [3.05, 3.63) is 97.2 Å². The van der Waals surface area contributed by atoms with Crippen molar-refractivity contribution in [3.63, 3.8) is 0 Å². The number of aromatic nitrogens is 3. The van der Waals surface area contributed by atoms with Gasteiger partial charge in [0.1, 0.15) is 30.0 Å². The summed E-state index contributed by atoms with van der Waals surface area (Å²) in [6, 6.07) is 16.3. The van der Waals surface area contributed by atoms with Crippen molar-refractivity contribution in [2.24, 2.45) is 0 Å². The van der Waals surface area contributed by atoms with Gasteiger partial charge in [-0.2, -0.15) is 0 Å². The molecule has 0 saturated heterocycles. The molecule has 0 amide bonds. The highest BCUT2D eigenvalue weighted by molar-refractivity contribution is 6.29. The van der Waals surface area contributed by atoms with Crippen LogP contribution in [0.2, 0.25) is 5.15 Å². The van der Waals surface area contributed by atoms with Gasteiger partial charge < -0.3 is 9.73 Å². The lowest BCUT2D eigenvalue weighted by atomic mass is 9.72. The van der Waals surface area contributed by atoms with Crippen molar-refractivity contribution < 1.29 is 8.94 Å². The fourth-order valence-corrected chi connectivity index (χ4v) is 4.33. The van der Waals surface area contributed by atoms with Crippen molar-refractivity contribution in [3.8, 4) is 22.8 Å². The fraction of sp³-hybridized carbons (Fsp3) is 0.154. The number of fused-ring (bicyclic) bond motifs is 1. The highest BCUT2D eigenvalue weighted by Gasteiger charge is 2.28. The highest BCUT2D eigenvalue weighted by atomic mass is 35.5. The SMILES string of the molecule is [B][C@](C)(Nc1ccc(Cl)nc1-c1noc(=O)[nH]1)c1cc(C)cc2c(=O)c(C)c(-c3ccccc3)oc12. The Labute approximate surface area is 211 Å². The largest absolute Gasteiger partial charge is 0.455 e. The van der Waals surface area contributed by atoms with Crippen LogP contribution in [-0.2, 0) is 5.44 Å². The first-order valence-electron chi connectivity index (χ1n) is 11.1. The third kappa shape index (κ3) is 4.22. The smallest absolute Gasteiger partial charge is 0.439 e. The van der Waals surface area contributed by atoms with Crippen LogP contribution < -0.4 is 16.5 Å². The lowest BCUT2D eigenvalue weighted by Crippen LogP contribution is -2.33. The standard InChI is InChI=1S/C26H20BClN4O4/c1-13-11-16-21(33)14(2)22(15-7-5-4-6-8-15)35-23(16)17(12-13)26(3,27)31-18-9-10-19(28)29-20(18)24-30-25(34)36-32-24/h4-12,31H,1-3H3,(H,30,32,34)/t26-/m1/s1. The highest BCUT2D eigenvalue weighted by Crippen LogP contribution is 2.35. The first-order valence-corrected chi connectivity index (χ1v) is 11.5. The van der Waals surface area contributed by atoms with E-state index in [-0.39, 0.29) is 22.1 Å². The van der Waals surface area contributed by atoms with E-state index in [1.165, 1.54) is 0 Å². The zero-order valence-electron chi connectivity index (χ0n) is 19.7. The number of aryl methyl sites for hydroxylation is 1. The maximum absolute atomic E-state index is 13.4. The number of nitrogens with zero attached hydrogens (tertiary/aromatic N) is 2. The van der Waals surface area contributed by atoms with Gasteiger partial charge in [-0.25, -0.2) is 9.78 Å². The molecule has 3 heterocycles. The predicted octanol–water partition coefficient (Wildman–Crippen LogP) is 4.92. The maximum atomic E-state index is 13.4. The van der Waals surface area contributed by atoms with Crippen molar-refractivity contribution in [2.75, 3.05) is 5.32 Å². The number of H-pyrrole nitrogens is 1. The molecule has 0 aliphatic carbocycles. The summed E-state index contributed by atoms with van der Waals surface area (Å²) in [5.74, 6) is -0.171. The molecule has 8 nitrogen and oxygen atoms in total. The Morgan fingerprint density at radius 3 is 2.53 bits per heavy atom. The molecule has 0 aliphatic heterocycles. The van der Waals surface area contributed by atoms with Crippen molar-refractivity contribution in [1.29, 1.82) is 0 Å². The quantitative estimate of drug-likeness (QED) is 0.261. The molecule has 5 rings (SSSR count). The van der Waals surface area contributed by atoms with E-state index in [2.05, 4.69) is 25.0 Å². The number of aromatic amines is 1. The van der Waals surface area contributed by atoms with Crippen molar-refractivity contribution in [2.45, 2.75) is 26.2 Å². The van der Waals surface area contributed by atoms with E-state index in [0.717, 1.165) is 11.1 Å². The molecule has 178 valence electrons. The maximum Gasteiger partial charge on any atom is 0.439 e. The number of anilines is 1. The first-order chi connectivity index (χ1) is 17.1. The van der Waals surface area contributed by atoms with Crippen LogP contribution in [-0.4, -0.2) is 23.0 Å². The Morgan fingerprint density at radius 2 is 1.83 bits per heavy atom. The number of benzene rings is 2. The number of hydrogen-bond donors (Lipinski definition) is 2. The van der Waals surface area contributed by atoms with E-state index in [1.807, 2.05) is 43.3 Å². The van der Waals surface area contributed by atoms with Crippen LogP contribution in [0.5, 0.6) is 0 Å². The van der Waals surface area contributed by atoms with Gasteiger partial charge in [-0.15, -0.1) is 0 Å². The van der Waals surface area contributed by atoms with E-state index < -0.39 is 11.2 Å². The number of rotatable bonds is 5. The van der Waals surface area contributed by atoms with Crippen LogP contribution in [0.1, 0.15) is 23.6 Å². The summed E-state index contributed by atoms with van der Waals surface area (Å²) in [6.07, 6.45) is 0. The van der Waals surface area contributed by atoms with Crippen molar-refractivity contribution in [1.82, 2.24) is 15.1 Å². The van der Waals surface area contributed by atoms with Crippen LogP contribution in [0.4, 0.5) is 5.69 Å². The van der Waals surface area contributed by atoms with Crippen LogP contribution >= 0.6 is 11.6 Å². The molecule has 10 heteroatoms. The molecule has 2 radical (unpaired) electrons. The molecule has 0 saturated carbocycles. The van der Waals surface area contributed by atoms with Gasteiger partial charge in [-0.3, -0.25) is 14.3 Å². The second-order valence-electron chi connectivity index (χ2n) is 8.74. The molecule has 36 heavy (non-hydrogen) atoms. The second-order valence-corrected chi connectivity index (χ2v) is 9.13. The molecule has 0 unspecified atom stereocenters. The van der Waals surface area contributed by atoms with Gasteiger partial charge in [0.2, 0.25) is 5.82 Å². The van der Waals surface area contributed by atoms with Crippen LogP contribution in [0, 0.1) is 13.8 Å². The molecule has 0 aliphatic rings. The summed E-state index contributed by atoms with van der Waals surface area (Å²) >= 11 is 6.10. The monoisotopic (exact) mass is 498 g/mol. The van der Waals surface area contributed by atoms with Gasteiger partial charge in [-0.1, -0.05) is 53.2 Å². The zero-order chi connectivity index (χ0) is 25.6. The first kappa shape index (κ1) is 23.6. The molecule has 0 spiro atoms. The topological polar surface area (TPSA) is 114 Å². The molecule has 3 aromatic heterocycles. The van der Waals surface area contributed by atoms with E-state index in [4.69, 9.17) is 23.9 Å². The summed E-state index contributed by atoms with van der Waals surface area (Å²) in [5, 5.41) is 7.57. The fourth-order valence-electron chi connectivity index (χ4n) is 4.18. The van der Waals surface area contributed by atoms with E-state index in [1.54, 1.807) is 32.0 Å². The number of nitrogens with one attached hydrogen (secondary N) is 2. The Morgan fingerprint density at radius 1 is 1.08 bits per heavy atom. The molecule has 5 aromatic rings. The normalized spacial score (nSPS) is 13.0. The van der Waals surface area contributed by atoms with Gasteiger partial charge in [0.05, 0.1) is 11.1 Å². The summed E-state index contributed by atoms with van der Waals surface area (Å²) in [6.45, 7) is 5.38. The molecule has 0 bridgehead atoms. The Balaban J connectivity index is 1.70. The molecule has 2 N–H and O–H groups in total. The van der Waals surface area contributed by atoms with Crippen LogP contribution in [0.25, 0.3) is 33.8 Å². The molecule has 1 atom stereocenters. The van der Waals surface area contributed by atoms with Gasteiger partial charge in [0, 0.05) is 22.1 Å². The average Bonchev–Trinajstić information content (AvgIpc) is 3.29. The summed E-state index contributed by atoms with van der Waals surface area (Å²) in [4.78, 5) is 31.7. The average molecular weight is 499 g/mol. The van der Waals surface area contributed by atoms with E-state index >= 15 is 0 Å². The molecule has 2 aromatic carbocycles.